The smallest absolute Gasteiger partial charge is 0.0462 e. The molecule has 0 amide bonds. The third kappa shape index (κ3) is 5.03. The summed E-state index contributed by atoms with van der Waals surface area (Å²) in [5.74, 6) is 0.831. The third-order valence-electron chi connectivity index (χ3n) is 3.92. The topological polar surface area (TPSA) is 15.3 Å². The van der Waals surface area contributed by atoms with Crippen LogP contribution in [-0.2, 0) is 6.54 Å². The molecule has 1 aliphatic rings. The highest BCUT2D eigenvalue weighted by atomic mass is 79.9. The van der Waals surface area contributed by atoms with E-state index in [-0.39, 0.29) is 0 Å². The first-order valence-corrected chi connectivity index (χ1v) is 8.73. The Morgan fingerprint density at radius 2 is 2.10 bits per heavy atom. The van der Waals surface area contributed by atoms with Gasteiger partial charge in [-0.3, -0.25) is 4.90 Å². The van der Waals surface area contributed by atoms with Gasteiger partial charge in [0.2, 0.25) is 0 Å². The molecule has 1 aromatic carbocycles. The second-order valence-corrected chi connectivity index (χ2v) is 6.99. The van der Waals surface area contributed by atoms with Crippen LogP contribution in [0.2, 0.25) is 5.02 Å². The number of hydrogen-bond donors (Lipinski definition) is 1. The van der Waals surface area contributed by atoms with Gasteiger partial charge in [0.15, 0.2) is 0 Å². The summed E-state index contributed by atoms with van der Waals surface area (Å²) in [4.78, 5) is 2.56. The van der Waals surface area contributed by atoms with Gasteiger partial charge in [0.1, 0.15) is 0 Å². The van der Waals surface area contributed by atoms with E-state index in [0.717, 1.165) is 28.5 Å². The zero-order valence-corrected chi connectivity index (χ0v) is 14.5. The number of piperidine rings is 1. The molecule has 1 aliphatic heterocycles. The highest BCUT2D eigenvalue weighted by Gasteiger charge is 2.17. The Labute approximate surface area is 136 Å². The minimum absolute atomic E-state index is 0.831. The molecular weight excluding hydrogens is 336 g/mol. The van der Waals surface area contributed by atoms with Crippen LogP contribution < -0.4 is 5.32 Å². The van der Waals surface area contributed by atoms with E-state index in [1.54, 1.807) is 0 Å². The largest absolute Gasteiger partial charge is 0.317 e. The molecule has 0 atom stereocenters. The van der Waals surface area contributed by atoms with Crippen molar-refractivity contribution in [1.29, 1.82) is 0 Å². The van der Waals surface area contributed by atoms with E-state index in [2.05, 4.69) is 45.2 Å². The minimum atomic E-state index is 0.831. The molecule has 1 saturated heterocycles. The van der Waals surface area contributed by atoms with Gasteiger partial charge in [0.05, 0.1) is 0 Å². The van der Waals surface area contributed by atoms with E-state index in [4.69, 9.17) is 11.6 Å². The normalized spacial score (nSPS) is 16.8. The number of nitrogens with zero attached hydrogens (tertiary/aromatic N) is 1. The molecule has 1 heterocycles. The van der Waals surface area contributed by atoms with Crippen molar-refractivity contribution in [2.75, 3.05) is 26.2 Å². The third-order valence-corrected chi connectivity index (χ3v) is 4.77. The number of nitrogens with one attached hydrogen (secondary N) is 1. The molecular formula is C16H24BrClN2. The zero-order chi connectivity index (χ0) is 14.4. The average Bonchev–Trinajstić information content (AvgIpc) is 2.43. The Morgan fingerprint density at radius 3 is 2.75 bits per heavy atom. The molecule has 1 fully saturated rings. The van der Waals surface area contributed by atoms with Crippen molar-refractivity contribution >= 4 is 27.5 Å². The van der Waals surface area contributed by atoms with Gasteiger partial charge < -0.3 is 5.32 Å². The van der Waals surface area contributed by atoms with Gasteiger partial charge in [-0.05, 0) is 62.5 Å². The van der Waals surface area contributed by atoms with Gasteiger partial charge in [0.25, 0.3) is 0 Å². The van der Waals surface area contributed by atoms with E-state index in [1.807, 2.05) is 6.07 Å². The first kappa shape index (κ1) is 16.3. The zero-order valence-electron chi connectivity index (χ0n) is 12.2. The molecule has 20 heavy (non-hydrogen) atoms. The highest BCUT2D eigenvalue weighted by molar-refractivity contribution is 9.10. The standard InChI is InChI=1S/C16H24BrClN2/c1-2-9-20(11-13-5-7-19-8-6-13)12-14-3-4-15(17)10-16(14)18/h3-4,10,13,19H,2,5-9,11-12H2,1H3. The van der Waals surface area contributed by atoms with Crippen molar-refractivity contribution < 1.29 is 0 Å². The summed E-state index contributed by atoms with van der Waals surface area (Å²) in [5.41, 5.74) is 1.23. The molecule has 0 radical (unpaired) electrons. The summed E-state index contributed by atoms with van der Waals surface area (Å²) in [6.07, 6.45) is 3.79. The molecule has 2 nitrogen and oxygen atoms in total. The molecule has 4 heteroatoms. The average molecular weight is 360 g/mol. The van der Waals surface area contributed by atoms with Crippen molar-refractivity contribution in [3.63, 3.8) is 0 Å². The number of hydrogen-bond acceptors (Lipinski definition) is 2. The quantitative estimate of drug-likeness (QED) is 0.814. The van der Waals surface area contributed by atoms with Crippen molar-refractivity contribution in [3.05, 3.63) is 33.3 Å². The van der Waals surface area contributed by atoms with Crippen LogP contribution in [-0.4, -0.2) is 31.1 Å². The van der Waals surface area contributed by atoms with Crippen LogP contribution >= 0.6 is 27.5 Å². The van der Waals surface area contributed by atoms with Gasteiger partial charge in [-0.15, -0.1) is 0 Å². The summed E-state index contributed by atoms with van der Waals surface area (Å²) < 4.78 is 1.05. The Bertz CT molecular complexity index is 419. The highest BCUT2D eigenvalue weighted by Crippen LogP contribution is 2.23. The van der Waals surface area contributed by atoms with E-state index in [9.17, 15) is 0 Å². The van der Waals surface area contributed by atoms with Crippen LogP contribution in [0.25, 0.3) is 0 Å². The van der Waals surface area contributed by atoms with Crippen LogP contribution in [0.1, 0.15) is 31.7 Å². The number of rotatable bonds is 6. The molecule has 1 aromatic rings. The van der Waals surface area contributed by atoms with E-state index in [1.165, 1.54) is 44.5 Å². The molecule has 0 aromatic heterocycles. The molecule has 0 saturated carbocycles. The predicted molar refractivity (Wildman–Crippen MR) is 90.3 cm³/mol. The lowest BCUT2D eigenvalue weighted by Crippen LogP contribution is -2.36. The van der Waals surface area contributed by atoms with Crippen molar-refractivity contribution in [2.45, 2.75) is 32.7 Å². The molecule has 1 N–H and O–H groups in total. The lowest BCUT2D eigenvalue weighted by atomic mass is 9.97. The molecule has 112 valence electrons. The molecule has 0 aliphatic carbocycles. The Morgan fingerprint density at radius 1 is 1.35 bits per heavy atom. The number of halogens is 2. The predicted octanol–water partition coefficient (Wildman–Crippen LogP) is 4.31. The minimum Gasteiger partial charge on any atom is -0.317 e. The lowest BCUT2D eigenvalue weighted by Gasteiger charge is -2.30. The fourth-order valence-electron chi connectivity index (χ4n) is 2.87. The Kier molecular flexibility index (Phi) is 6.82. The van der Waals surface area contributed by atoms with Gasteiger partial charge in [-0.1, -0.05) is 40.5 Å². The van der Waals surface area contributed by atoms with Gasteiger partial charge in [-0.2, -0.15) is 0 Å². The van der Waals surface area contributed by atoms with Crippen molar-refractivity contribution in [1.82, 2.24) is 10.2 Å². The van der Waals surface area contributed by atoms with E-state index < -0.39 is 0 Å². The van der Waals surface area contributed by atoms with Crippen LogP contribution in [0.4, 0.5) is 0 Å². The molecule has 2 rings (SSSR count). The number of benzene rings is 1. The fraction of sp³-hybridized carbons (Fsp3) is 0.625. The van der Waals surface area contributed by atoms with Gasteiger partial charge in [-0.25, -0.2) is 0 Å². The van der Waals surface area contributed by atoms with Gasteiger partial charge in [0, 0.05) is 22.6 Å². The Hall–Kier alpha value is -0.0900. The van der Waals surface area contributed by atoms with Crippen molar-refractivity contribution in [3.8, 4) is 0 Å². The van der Waals surface area contributed by atoms with Crippen LogP contribution in [0.3, 0.4) is 0 Å². The van der Waals surface area contributed by atoms with E-state index >= 15 is 0 Å². The summed E-state index contributed by atoms with van der Waals surface area (Å²) in [7, 11) is 0. The molecule has 0 bridgehead atoms. The lowest BCUT2D eigenvalue weighted by molar-refractivity contribution is 0.199. The molecule has 0 unspecified atom stereocenters. The van der Waals surface area contributed by atoms with Crippen LogP contribution in [0.5, 0.6) is 0 Å². The monoisotopic (exact) mass is 358 g/mol. The molecule has 0 spiro atoms. The second-order valence-electron chi connectivity index (χ2n) is 5.66. The van der Waals surface area contributed by atoms with Crippen molar-refractivity contribution in [2.24, 2.45) is 5.92 Å². The first-order chi connectivity index (χ1) is 9.69. The summed E-state index contributed by atoms with van der Waals surface area (Å²) in [6, 6.07) is 6.21. The van der Waals surface area contributed by atoms with Crippen LogP contribution in [0.15, 0.2) is 22.7 Å². The van der Waals surface area contributed by atoms with Gasteiger partial charge >= 0.3 is 0 Å². The maximum Gasteiger partial charge on any atom is 0.0462 e. The summed E-state index contributed by atoms with van der Waals surface area (Å²) in [5, 5.41) is 4.31. The summed E-state index contributed by atoms with van der Waals surface area (Å²) in [6.45, 7) is 7.90. The van der Waals surface area contributed by atoms with E-state index in [0.29, 0.717) is 0 Å². The maximum atomic E-state index is 6.35. The van der Waals surface area contributed by atoms with Crippen LogP contribution in [0, 0.1) is 5.92 Å². The first-order valence-electron chi connectivity index (χ1n) is 7.56. The second kappa shape index (κ2) is 8.38. The fourth-order valence-corrected chi connectivity index (χ4v) is 3.60. The summed E-state index contributed by atoms with van der Waals surface area (Å²) >= 11 is 9.82. The SMILES string of the molecule is CCCN(Cc1ccc(Br)cc1Cl)CC1CCNCC1. The Balaban J connectivity index is 1.96. The maximum absolute atomic E-state index is 6.35.